The summed E-state index contributed by atoms with van der Waals surface area (Å²) in [6.45, 7) is 4.10. The van der Waals surface area contributed by atoms with Gasteiger partial charge in [0.25, 0.3) is 0 Å². The Bertz CT molecular complexity index is 564. The van der Waals surface area contributed by atoms with Crippen molar-refractivity contribution in [3.05, 3.63) is 69.7 Å². The Morgan fingerprint density at radius 1 is 0.950 bits per heavy atom. The molecular weight excluding hydrogens is 316 g/mol. The molecule has 0 unspecified atom stereocenters. The molecule has 2 aromatic carbocycles. The van der Waals surface area contributed by atoms with E-state index in [1.165, 1.54) is 10.0 Å². The fourth-order valence-electron chi connectivity index (χ4n) is 1.82. The molecule has 0 spiro atoms. The lowest BCUT2D eigenvalue weighted by Crippen LogP contribution is -2.00. The topological polar surface area (TPSA) is 37.3 Å². The van der Waals surface area contributed by atoms with E-state index in [-0.39, 0.29) is 0 Å². The van der Waals surface area contributed by atoms with Gasteiger partial charge in [-0.25, -0.2) is 4.79 Å². The van der Waals surface area contributed by atoms with Crippen molar-refractivity contribution in [1.82, 2.24) is 0 Å². The van der Waals surface area contributed by atoms with Crippen LogP contribution in [0.5, 0.6) is 0 Å². The number of aromatic carboxylic acids is 1. The van der Waals surface area contributed by atoms with E-state index in [1.807, 2.05) is 25.1 Å². The summed E-state index contributed by atoms with van der Waals surface area (Å²) in [4.78, 5) is 10.6. The number of aryl methyl sites for hydroxylation is 2. The first-order valence-corrected chi connectivity index (χ1v) is 7.44. The molecule has 3 heteroatoms. The number of rotatable bonds is 3. The minimum Gasteiger partial charge on any atom is -0.478 e. The van der Waals surface area contributed by atoms with Crippen LogP contribution in [0.15, 0.2) is 53.0 Å². The first kappa shape index (κ1) is 16.4. The minimum absolute atomic E-state index is 0.412. The number of carboxylic acid groups (broad SMARTS) is 1. The van der Waals surface area contributed by atoms with Gasteiger partial charge in [0.1, 0.15) is 0 Å². The second-order valence-electron chi connectivity index (χ2n) is 4.26. The van der Waals surface area contributed by atoms with E-state index in [2.05, 4.69) is 41.1 Å². The smallest absolute Gasteiger partial charge is 0.335 e. The summed E-state index contributed by atoms with van der Waals surface area (Å²) in [7, 11) is 0. The molecule has 0 aliphatic carbocycles. The molecule has 2 rings (SSSR count). The standard InChI is InChI=1S/C9H10O2.C8H9Br/c1-2-7-5-3-4-6-8(7)9(10)11;1-2-7-5-3-4-6-8(7)9/h3-6H,2H2,1H3,(H,10,11);3-6H,2H2,1H3. The molecule has 0 amide bonds. The maximum absolute atomic E-state index is 10.6. The summed E-state index contributed by atoms with van der Waals surface area (Å²) in [5.74, 6) is -0.845. The van der Waals surface area contributed by atoms with E-state index in [0.717, 1.165) is 18.4 Å². The highest BCUT2D eigenvalue weighted by atomic mass is 79.9. The highest BCUT2D eigenvalue weighted by molar-refractivity contribution is 9.10. The van der Waals surface area contributed by atoms with Crippen LogP contribution in [0.2, 0.25) is 0 Å². The summed E-state index contributed by atoms with van der Waals surface area (Å²) in [5.41, 5.74) is 2.67. The SMILES string of the molecule is CCc1ccccc1Br.CCc1ccccc1C(=O)O. The summed E-state index contributed by atoms with van der Waals surface area (Å²) in [5, 5.41) is 8.70. The normalized spacial score (nSPS) is 9.55. The van der Waals surface area contributed by atoms with Crippen LogP contribution in [0.3, 0.4) is 0 Å². The average molecular weight is 335 g/mol. The predicted molar refractivity (Wildman–Crippen MR) is 86.3 cm³/mol. The second kappa shape index (κ2) is 8.54. The van der Waals surface area contributed by atoms with Crippen molar-refractivity contribution in [2.75, 3.05) is 0 Å². The molecular formula is C17H19BrO2. The van der Waals surface area contributed by atoms with E-state index < -0.39 is 5.97 Å². The molecule has 2 nitrogen and oxygen atoms in total. The molecule has 0 atom stereocenters. The molecule has 1 N–H and O–H groups in total. The van der Waals surface area contributed by atoms with Crippen molar-refractivity contribution in [1.29, 1.82) is 0 Å². The monoisotopic (exact) mass is 334 g/mol. The summed E-state index contributed by atoms with van der Waals surface area (Å²) >= 11 is 3.46. The van der Waals surface area contributed by atoms with Crippen LogP contribution in [0, 0.1) is 0 Å². The van der Waals surface area contributed by atoms with Crippen LogP contribution >= 0.6 is 15.9 Å². The van der Waals surface area contributed by atoms with Gasteiger partial charge in [-0.1, -0.05) is 66.2 Å². The first-order valence-electron chi connectivity index (χ1n) is 6.64. The van der Waals surface area contributed by atoms with Crippen LogP contribution in [0.1, 0.15) is 35.3 Å². The largest absolute Gasteiger partial charge is 0.478 e. The number of halogens is 1. The summed E-state index contributed by atoms with van der Waals surface area (Å²) in [6, 6.07) is 15.3. The predicted octanol–water partition coefficient (Wildman–Crippen LogP) is 4.96. The number of hydrogen-bond acceptors (Lipinski definition) is 1. The molecule has 0 saturated carbocycles. The van der Waals surface area contributed by atoms with Crippen molar-refractivity contribution < 1.29 is 9.90 Å². The zero-order valence-corrected chi connectivity index (χ0v) is 13.4. The Morgan fingerprint density at radius 3 is 1.85 bits per heavy atom. The molecule has 0 aliphatic heterocycles. The minimum atomic E-state index is -0.845. The Balaban J connectivity index is 0.000000204. The van der Waals surface area contributed by atoms with E-state index in [1.54, 1.807) is 12.1 Å². The Labute approximate surface area is 128 Å². The highest BCUT2D eigenvalue weighted by Gasteiger charge is 2.05. The van der Waals surface area contributed by atoms with E-state index in [4.69, 9.17) is 5.11 Å². The quantitative estimate of drug-likeness (QED) is 0.861. The molecule has 2 aromatic rings. The molecule has 0 radical (unpaired) electrons. The number of hydrogen-bond donors (Lipinski definition) is 1. The van der Waals surface area contributed by atoms with E-state index >= 15 is 0 Å². The first-order chi connectivity index (χ1) is 9.60. The van der Waals surface area contributed by atoms with Gasteiger partial charge in [-0.05, 0) is 36.1 Å². The molecule has 0 heterocycles. The fraction of sp³-hybridized carbons (Fsp3) is 0.235. The Kier molecular flexibility index (Phi) is 7.02. The molecule has 20 heavy (non-hydrogen) atoms. The van der Waals surface area contributed by atoms with Gasteiger partial charge < -0.3 is 5.11 Å². The average Bonchev–Trinajstić information content (AvgIpc) is 2.48. The number of carboxylic acids is 1. The third-order valence-electron chi connectivity index (χ3n) is 2.97. The highest BCUT2D eigenvalue weighted by Crippen LogP contribution is 2.15. The van der Waals surface area contributed by atoms with Crippen LogP contribution in [-0.2, 0) is 12.8 Å². The Hall–Kier alpha value is -1.61. The van der Waals surface area contributed by atoms with Crippen molar-refractivity contribution in [3.8, 4) is 0 Å². The molecule has 0 aromatic heterocycles. The van der Waals surface area contributed by atoms with Gasteiger partial charge in [0.15, 0.2) is 0 Å². The maximum atomic E-state index is 10.6. The molecule has 106 valence electrons. The van der Waals surface area contributed by atoms with Crippen LogP contribution in [0.25, 0.3) is 0 Å². The molecule has 0 aliphatic rings. The molecule has 0 bridgehead atoms. The zero-order valence-electron chi connectivity index (χ0n) is 11.8. The van der Waals surface area contributed by atoms with Gasteiger partial charge in [-0.3, -0.25) is 0 Å². The number of carbonyl (C=O) groups is 1. The van der Waals surface area contributed by atoms with Crippen LogP contribution < -0.4 is 0 Å². The number of benzene rings is 2. The van der Waals surface area contributed by atoms with E-state index in [9.17, 15) is 4.79 Å². The van der Waals surface area contributed by atoms with Crippen LogP contribution in [-0.4, -0.2) is 11.1 Å². The lowest BCUT2D eigenvalue weighted by atomic mass is 10.1. The van der Waals surface area contributed by atoms with Crippen LogP contribution in [0.4, 0.5) is 0 Å². The lowest BCUT2D eigenvalue weighted by molar-refractivity contribution is 0.0695. The second-order valence-corrected chi connectivity index (χ2v) is 5.12. The third-order valence-corrected chi connectivity index (χ3v) is 3.74. The summed E-state index contributed by atoms with van der Waals surface area (Å²) < 4.78 is 1.22. The van der Waals surface area contributed by atoms with Gasteiger partial charge in [0, 0.05) is 4.47 Å². The maximum Gasteiger partial charge on any atom is 0.335 e. The van der Waals surface area contributed by atoms with Crippen molar-refractivity contribution in [2.24, 2.45) is 0 Å². The third kappa shape index (κ3) is 4.82. The van der Waals surface area contributed by atoms with Crippen molar-refractivity contribution >= 4 is 21.9 Å². The van der Waals surface area contributed by atoms with Gasteiger partial charge >= 0.3 is 5.97 Å². The molecule has 0 saturated heterocycles. The van der Waals surface area contributed by atoms with Gasteiger partial charge in [-0.15, -0.1) is 0 Å². The molecule has 0 fully saturated rings. The van der Waals surface area contributed by atoms with Crippen molar-refractivity contribution in [2.45, 2.75) is 26.7 Å². The fourth-order valence-corrected chi connectivity index (χ4v) is 2.39. The van der Waals surface area contributed by atoms with E-state index in [0.29, 0.717) is 5.56 Å². The van der Waals surface area contributed by atoms with Gasteiger partial charge in [0.2, 0.25) is 0 Å². The Morgan fingerprint density at radius 2 is 1.45 bits per heavy atom. The lowest BCUT2D eigenvalue weighted by Gasteiger charge is -2.00. The van der Waals surface area contributed by atoms with Gasteiger partial charge in [-0.2, -0.15) is 0 Å². The van der Waals surface area contributed by atoms with Crippen molar-refractivity contribution in [3.63, 3.8) is 0 Å². The van der Waals surface area contributed by atoms with Gasteiger partial charge in [0.05, 0.1) is 5.56 Å². The summed E-state index contributed by atoms with van der Waals surface area (Å²) in [6.07, 6.45) is 1.86. The zero-order chi connectivity index (χ0) is 15.0.